The fraction of sp³-hybridized carbons (Fsp3) is 0. The number of pyridine rings is 1. The van der Waals surface area contributed by atoms with Gasteiger partial charge in [-0.2, -0.15) is 0 Å². The second-order valence-corrected chi connectivity index (χ2v) is 1.76. The Morgan fingerprint density at radius 1 is 1.50 bits per heavy atom. The van der Waals surface area contributed by atoms with Gasteiger partial charge in [0.25, 0.3) is 0 Å². The number of aromatic amines is 1. The van der Waals surface area contributed by atoms with Crippen molar-refractivity contribution >= 4 is 10.9 Å². The van der Waals surface area contributed by atoms with Crippen molar-refractivity contribution in [3.05, 3.63) is 24.7 Å². The molecule has 2 aromatic rings. The molecule has 0 aliphatic heterocycles. The van der Waals surface area contributed by atoms with Crippen molar-refractivity contribution in [2.24, 2.45) is 0 Å². The summed E-state index contributed by atoms with van der Waals surface area (Å²) in [4.78, 5) is 3.89. The van der Waals surface area contributed by atoms with Crippen LogP contribution in [0.3, 0.4) is 0 Å². The molecule has 0 saturated carbocycles. The average molecular weight is 302 g/mol. The largest absolute Gasteiger partial charge is 0.344 e. The van der Waals surface area contributed by atoms with Gasteiger partial charge in [-0.15, -0.1) is 5.39 Å². The molecule has 0 atom stereocenters. The topological polar surface area (TPSA) is 41.6 Å². The van der Waals surface area contributed by atoms with Crippen molar-refractivity contribution in [3.63, 3.8) is 0 Å². The first-order valence-electron chi connectivity index (χ1n) is 2.62. The Hall–Kier alpha value is -0.692. The van der Waals surface area contributed by atoms with Crippen LogP contribution in [-0.2, 0) is 21.1 Å². The number of nitrogens with one attached hydrogen (secondary N) is 1. The van der Waals surface area contributed by atoms with E-state index in [-0.39, 0.29) is 21.1 Å². The molecule has 0 aliphatic rings. The van der Waals surface area contributed by atoms with Crippen LogP contribution in [-0.4, -0.2) is 15.2 Å². The molecule has 0 unspecified atom stereocenters. The standard InChI is InChI=1S/C6H4N3.W/c1-2-7-3-5-4-8-9-6(1)5;/h1-3H,(H,8,9);/q-1;. The molecule has 0 fully saturated rings. The quantitative estimate of drug-likeness (QED) is 0.730. The fourth-order valence-corrected chi connectivity index (χ4v) is 0.729. The summed E-state index contributed by atoms with van der Waals surface area (Å²) in [6.07, 6.45) is 6.19. The summed E-state index contributed by atoms with van der Waals surface area (Å²) in [5.41, 5.74) is 0.977. The average Bonchev–Trinajstić information content (AvgIpc) is 2.33. The Balaban J connectivity index is 0.000000500. The molecular weight excluding hydrogens is 298 g/mol. The first-order valence-corrected chi connectivity index (χ1v) is 2.62. The third-order valence-electron chi connectivity index (χ3n) is 1.17. The maximum Gasteiger partial charge on any atom is 0.00163 e. The number of nitrogens with zero attached hydrogens (tertiary/aromatic N) is 2. The summed E-state index contributed by atoms with van der Waals surface area (Å²) < 4.78 is 0. The van der Waals surface area contributed by atoms with Crippen LogP contribution in [0.4, 0.5) is 0 Å². The Morgan fingerprint density at radius 2 is 2.40 bits per heavy atom. The smallest absolute Gasteiger partial charge is 0.00163 e. The minimum atomic E-state index is 0. The SMILES string of the molecule is [W].[c-]1n[nH]c2ccncc12. The van der Waals surface area contributed by atoms with Crippen LogP contribution >= 0.6 is 0 Å². The van der Waals surface area contributed by atoms with Gasteiger partial charge >= 0.3 is 0 Å². The van der Waals surface area contributed by atoms with Crippen molar-refractivity contribution < 1.29 is 21.1 Å². The van der Waals surface area contributed by atoms with Crippen molar-refractivity contribution in [1.82, 2.24) is 15.2 Å². The van der Waals surface area contributed by atoms with Crippen molar-refractivity contribution in [2.75, 3.05) is 0 Å². The molecule has 0 radical (unpaired) electrons. The van der Waals surface area contributed by atoms with Gasteiger partial charge in [0.2, 0.25) is 0 Å². The number of hydrogen-bond donors (Lipinski definition) is 1. The van der Waals surface area contributed by atoms with Gasteiger partial charge in [0.15, 0.2) is 0 Å². The van der Waals surface area contributed by atoms with E-state index in [2.05, 4.69) is 21.4 Å². The van der Waals surface area contributed by atoms with E-state index < -0.39 is 0 Å². The minimum absolute atomic E-state index is 0. The summed E-state index contributed by atoms with van der Waals surface area (Å²) in [6, 6.07) is 1.86. The van der Waals surface area contributed by atoms with Crippen LogP contribution in [0.1, 0.15) is 0 Å². The number of hydrogen-bond acceptors (Lipinski definition) is 2. The second kappa shape index (κ2) is 2.93. The third-order valence-corrected chi connectivity index (χ3v) is 1.17. The Morgan fingerprint density at radius 3 is 3.20 bits per heavy atom. The minimum Gasteiger partial charge on any atom is -0.344 e. The van der Waals surface area contributed by atoms with E-state index in [1.54, 1.807) is 12.4 Å². The summed E-state index contributed by atoms with van der Waals surface area (Å²) >= 11 is 0. The van der Waals surface area contributed by atoms with Crippen LogP contribution in [0.5, 0.6) is 0 Å². The van der Waals surface area contributed by atoms with E-state index in [9.17, 15) is 0 Å². The predicted molar refractivity (Wildman–Crippen MR) is 32.7 cm³/mol. The monoisotopic (exact) mass is 302 g/mol. The summed E-state index contributed by atoms with van der Waals surface area (Å²) in [5, 5.41) is 7.41. The van der Waals surface area contributed by atoms with Gasteiger partial charge < -0.3 is 10.1 Å². The number of rotatable bonds is 0. The van der Waals surface area contributed by atoms with Gasteiger partial charge in [0.1, 0.15) is 0 Å². The first kappa shape index (κ1) is 7.42. The van der Waals surface area contributed by atoms with Crippen molar-refractivity contribution in [2.45, 2.75) is 0 Å². The molecule has 2 heterocycles. The fourth-order valence-electron chi connectivity index (χ4n) is 0.729. The first-order chi connectivity index (χ1) is 4.47. The van der Waals surface area contributed by atoms with Gasteiger partial charge in [-0.1, -0.05) is 12.3 Å². The van der Waals surface area contributed by atoms with Crippen LogP contribution in [0, 0.1) is 6.20 Å². The maximum absolute atomic E-state index is 3.89. The van der Waals surface area contributed by atoms with Crippen LogP contribution in [0.25, 0.3) is 10.9 Å². The molecule has 0 bridgehead atoms. The Kier molecular flexibility index (Phi) is 2.17. The molecule has 4 heteroatoms. The van der Waals surface area contributed by atoms with E-state index in [0.717, 1.165) is 10.9 Å². The molecule has 10 heavy (non-hydrogen) atoms. The predicted octanol–water partition coefficient (Wildman–Crippen LogP) is 0.756. The molecule has 2 aromatic heterocycles. The second-order valence-electron chi connectivity index (χ2n) is 1.76. The normalized spacial score (nSPS) is 9.20. The molecular formula is C6H4N3W-. The molecule has 1 N–H and O–H groups in total. The molecule has 0 amide bonds. The van der Waals surface area contributed by atoms with E-state index in [0.29, 0.717) is 0 Å². The molecule has 3 nitrogen and oxygen atoms in total. The molecule has 0 saturated heterocycles. The zero-order chi connectivity index (χ0) is 6.10. The third kappa shape index (κ3) is 1.09. The van der Waals surface area contributed by atoms with Crippen molar-refractivity contribution in [1.29, 1.82) is 0 Å². The molecule has 0 aliphatic carbocycles. The van der Waals surface area contributed by atoms with Gasteiger partial charge in [-0.3, -0.25) is 5.10 Å². The van der Waals surface area contributed by atoms with Gasteiger partial charge in [0.05, 0.1) is 0 Å². The van der Waals surface area contributed by atoms with Gasteiger partial charge in [-0.25, -0.2) is 0 Å². The molecule has 2 rings (SSSR count). The van der Waals surface area contributed by atoms with E-state index >= 15 is 0 Å². The van der Waals surface area contributed by atoms with Gasteiger partial charge in [-0.05, 0) is 11.7 Å². The summed E-state index contributed by atoms with van der Waals surface area (Å²) in [6.45, 7) is 0. The van der Waals surface area contributed by atoms with Crippen LogP contribution < -0.4 is 0 Å². The molecule has 50 valence electrons. The van der Waals surface area contributed by atoms with E-state index in [1.807, 2.05) is 6.07 Å². The Labute approximate surface area is 72.1 Å². The summed E-state index contributed by atoms with van der Waals surface area (Å²) in [7, 11) is 0. The number of fused-ring (bicyclic) bond motifs is 1. The maximum atomic E-state index is 3.89. The zero-order valence-corrected chi connectivity index (χ0v) is 7.97. The Bertz CT molecular complexity index is 287. The van der Waals surface area contributed by atoms with Gasteiger partial charge in [0, 0.05) is 27.3 Å². The number of H-pyrrole nitrogens is 1. The van der Waals surface area contributed by atoms with Crippen LogP contribution in [0.15, 0.2) is 18.5 Å². The zero-order valence-electron chi connectivity index (χ0n) is 5.03. The summed E-state index contributed by atoms with van der Waals surface area (Å²) in [5.74, 6) is 0. The number of aromatic nitrogens is 3. The van der Waals surface area contributed by atoms with E-state index in [1.165, 1.54) is 0 Å². The van der Waals surface area contributed by atoms with Crippen molar-refractivity contribution in [3.8, 4) is 0 Å². The molecule has 0 spiro atoms. The van der Waals surface area contributed by atoms with Crippen LogP contribution in [0.2, 0.25) is 0 Å². The molecule has 0 aromatic carbocycles. The van der Waals surface area contributed by atoms with E-state index in [4.69, 9.17) is 0 Å².